The molecule has 0 radical (unpaired) electrons. The van der Waals surface area contributed by atoms with Crippen LogP contribution in [0.1, 0.15) is 6.92 Å². The van der Waals surface area contributed by atoms with E-state index in [2.05, 4.69) is 5.32 Å². The molecule has 1 fully saturated rings. The predicted octanol–water partition coefficient (Wildman–Crippen LogP) is -0.501. The highest BCUT2D eigenvalue weighted by molar-refractivity contribution is 7.99. The number of carbonyl (C=O) groups excluding carboxylic acids is 1. The molecule has 1 amide bonds. The minimum atomic E-state index is 0.177. The molecule has 0 aromatic heterocycles. The monoisotopic (exact) mass is 217 g/mol. The lowest BCUT2D eigenvalue weighted by Gasteiger charge is -2.27. The maximum absolute atomic E-state index is 11.6. The zero-order valence-corrected chi connectivity index (χ0v) is 9.48. The first-order valence-corrected chi connectivity index (χ1v) is 6.17. The van der Waals surface area contributed by atoms with Gasteiger partial charge in [-0.3, -0.25) is 4.79 Å². The van der Waals surface area contributed by atoms with E-state index in [-0.39, 0.29) is 11.9 Å². The van der Waals surface area contributed by atoms with Gasteiger partial charge in [-0.1, -0.05) is 0 Å². The van der Waals surface area contributed by atoms with E-state index in [1.807, 2.05) is 11.8 Å². The molecule has 5 heteroatoms. The summed E-state index contributed by atoms with van der Waals surface area (Å²) in [6.45, 7) is 5.49. The van der Waals surface area contributed by atoms with Crippen molar-refractivity contribution in [3.8, 4) is 0 Å². The molecule has 1 aliphatic rings. The summed E-state index contributed by atoms with van der Waals surface area (Å²) in [7, 11) is 0. The standard InChI is InChI=1S/C9H19N3OS/c1-8(10)6-14-7-9(13)12-4-2-11-3-5-12/h8,11H,2-7,10H2,1H3. The minimum absolute atomic E-state index is 0.177. The van der Waals surface area contributed by atoms with Crippen LogP contribution < -0.4 is 11.1 Å². The lowest BCUT2D eigenvalue weighted by atomic mass is 10.3. The number of thioether (sulfide) groups is 1. The van der Waals surface area contributed by atoms with Crippen LogP contribution in [0.25, 0.3) is 0 Å². The van der Waals surface area contributed by atoms with Gasteiger partial charge in [-0.2, -0.15) is 11.8 Å². The quantitative estimate of drug-likeness (QED) is 0.666. The summed E-state index contributed by atoms with van der Waals surface area (Å²) < 4.78 is 0. The molecular formula is C9H19N3OS. The highest BCUT2D eigenvalue weighted by Gasteiger charge is 2.15. The van der Waals surface area contributed by atoms with Crippen LogP contribution in [0.5, 0.6) is 0 Å². The number of rotatable bonds is 4. The summed E-state index contributed by atoms with van der Waals surface area (Å²) in [6, 6.07) is 0.177. The Kier molecular flexibility index (Phi) is 5.29. The Morgan fingerprint density at radius 2 is 2.21 bits per heavy atom. The maximum Gasteiger partial charge on any atom is 0.232 e. The molecule has 4 nitrogen and oxygen atoms in total. The summed E-state index contributed by atoms with van der Waals surface area (Å²) in [5.74, 6) is 1.68. The van der Waals surface area contributed by atoms with Gasteiger partial charge < -0.3 is 16.0 Å². The van der Waals surface area contributed by atoms with Gasteiger partial charge >= 0.3 is 0 Å². The second-order valence-electron chi connectivity index (χ2n) is 3.62. The summed E-state index contributed by atoms with van der Waals surface area (Å²) in [5.41, 5.74) is 5.60. The fraction of sp³-hybridized carbons (Fsp3) is 0.889. The van der Waals surface area contributed by atoms with Crippen LogP contribution in [0.4, 0.5) is 0 Å². The molecule has 0 saturated carbocycles. The van der Waals surface area contributed by atoms with E-state index >= 15 is 0 Å². The summed E-state index contributed by atoms with van der Waals surface area (Å²) >= 11 is 1.63. The van der Waals surface area contributed by atoms with Crippen LogP contribution in [0.15, 0.2) is 0 Å². The van der Waals surface area contributed by atoms with E-state index in [9.17, 15) is 4.79 Å². The average molecular weight is 217 g/mol. The van der Waals surface area contributed by atoms with Crippen molar-refractivity contribution in [3.05, 3.63) is 0 Å². The molecule has 0 aromatic rings. The number of piperazine rings is 1. The van der Waals surface area contributed by atoms with Crippen LogP contribution in [0, 0.1) is 0 Å². The molecule has 0 spiro atoms. The summed E-state index contributed by atoms with van der Waals surface area (Å²) in [6.07, 6.45) is 0. The highest BCUT2D eigenvalue weighted by Crippen LogP contribution is 2.04. The van der Waals surface area contributed by atoms with Gasteiger partial charge in [-0.25, -0.2) is 0 Å². The third-order valence-corrected chi connectivity index (χ3v) is 3.29. The zero-order valence-electron chi connectivity index (χ0n) is 8.66. The third-order valence-electron chi connectivity index (χ3n) is 2.08. The SMILES string of the molecule is CC(N)CSCC(=O)N1CCNCC1. The van der Waals surface area contributed by atoms with Gasteiger partial charge in [0, 0.05) is 38.0 Å². The van der Waals surface area contributed by atoms with Crippen molar-refractivity contribution in [2.24, 2.45) is 5.73 Å². The summed E-state index contributed by atoms with van der Waals surface area (Å²) in [4.78, 5) is 13.5. The van der Waals surface area contributed by atoms with Gasteiger partial charge in [0.2, 0.25) is 5.91 Å². The predicted molar refractivity (Wildman–Crippen MR) is 60.4 cm³/mol. The van der Waals surface area contributed by atoms with Crippen LogP contribution in [0.2, 0.25) is 0 Å². The van der Waals surface area contributed by atoms with Crippen molar-refractivity contribution in [2.45, 2.75) is 13.0 Å². The maximum atomic E-state index is 11.6. The molecule has 1 atom stereocenters. The number of nitrogens with zero attached hydrogens (tertiary/aromatic N) is 1. The van der Waals surface area contributed by atoms with Crippen LogP contribution in [-0.2, 0) is 4.79 Å². The summed E-state index contributed by atoms with van der Waals surface area (Å²) in [5, 5.41) is 3.22. The lowest BCUT2D eigenvalue weighted by molar-refractivity contribution is -0.128. The number of nitrogens with two attached hydrogens (primary N) is 1. The number of amides is 1. The first-order chi connectivity index (χ1) is 6.70. The molecule has 1 aliphatic heterocycles. The van der Waals surface area contributed by atoms with Gasteiger partial charge in [0.1, 0.15) is 0 Å². The van der Waals surface area contributed by atoms with Crippen molar-refractivity contribution >= 4 is 17.7 Å². The van der Waals surface area contributed by atoms with Crippen LogP contribution in [-0.4, -0.2) is 54.5 Å². The highest BCUT2D eigenvalue weighted by atomic mass is 32.2. The largest absolute Gasteiger partial charge is 0.339 e. The van der Waals surface area contributed by atoms with E-state index in [4.69, 9.17) is 5.73 Å². The van der Waals surface area contributed by atoms with Crippen LogP contribution >= 0.6 is 11.8 Å². The molecule has 3 N–H and O–H groups in total. The minimum Gasteiger partial charge on any atom is -0.339 e. The normalized spacial score (nSPS) is 19.4. The van der Waals surface area contributed by atoms with Gasteiger partial charge in [0.05, 0.1) is 5.75 Å². The Morgan fingerprint density at radius 1 is 1.57 bits per heavy atom. The first kappa shape index (κ1) is 11.8. The van der Waals surface area contributed by atoms with E-state index in [0.29, 0.717) is 5.75 Å². The molecule has 82 valence electrons. The van der Waals surface area contributed by atoms with Crippen molar-refractivity contribution in [1.82, 2.24) is 10.2 Å². The number of carbonyl (C=O) groups is 1. The van der Waals surface area contributed by atoms with Gasteiger partial charge in [0.15, 0.2) is 0 Å². The number of hydrogen-bond donors (Lipinski definition) is 2. The molecule has 1 saturated heterocycles. The molecule has 0 aliphatic carbocycles. The first-order valence-electron chi connectivity index (χ1n) is 5.02. The fourth-order valence-corrected chi connectivity index (χ4v) is 2.18. The van der Waals surface area contributed by atoms with E-state index < -0.39 is 0 Å². The van der Waals surface area contributed by atoms with Crippen LogP contribution in [0.3, 0.4) is 0 Å². The number of hydrogen-bond acceptors (Lipinski definition) is 4. The molecule has 14 heavy (non-hydrogen) atoms. The van der Waals surface area contributed by atoms with Crippen molar-refractivity contribution in [2.75, 3.05) is 37.7 Å². The second-order valence-corrected chi connectivity index (χ2v) is 4.65. The Labute approximate surface area is 89.6 Å². The van der Waals surface area contributed by atoms with Crippen molar-refractivity contribution < 1.29 is 4.79 Å². The van der Waals surface area contributed by atoms with E-state index in [0.717, 1.165) is 31.9 Å². The lowest BCUT2D eigenvalue weighted by Crippen LogP contribution is -2.47. The van der Waals surface area contributed by atoms with E-state index in [1.165, 1.54) is 0 Å². The Balaban J connectivity index is 2.13. The Morgan fingerprint density at radius 3 is 2.79 bits per heavy atom. The molecule has 0 aromatic carbocycles. The second kappa shape index (κ2) is 6.27. The van der Waals surface area contributed by atoms with E-state index in [1.54, 1.807) is 11.8 Å². The fourth-order valence-electron chi connectivity index (χ4n) is 1.34. The molecule has 0 bridgehead atoms. The zero-order chi connectivity index (χ0) is 10.4. The topological polar surface area (TPSA) is 58.4 Å². The van der Waals surface area contributed by atoms with Crippen molar-refractivity contribution in [3.63, 3.8) is 0 Å². The Hall–Kier alpha value is -0.260. The molecule has 1 heterocycles. The molecule has 1 unspecified atom stereocenters. The molecular weight excluding hydrogens is 198 g/mol. The number of nitrogens with one attached hydrogen (secondary N) is 1. The average Bonchev–Trinajstić information content (AvgIpc) is 2.18. The van der Waals surface area contributed by atoms with Gasteiger partial charge in [0.25, 0.3) is 0 Å². The molecule has 1 rings (SSSR count). The van der Waals surface area contributed by atoms with Gasteiger partial charge in [-0.05, 0) is 6.92 Å². The van der Waals surface area contributed by atoms with Gasteiger partial charge in [-0.15, -0.1) is 0 Å². The van der Waals surface area contributed by atoms with Crippen molar-refractivity contribution in [1.29, 1.82) is 0 Å². The smallest absolute Gasteiger partial charge is 0.232 e. The third kappa shape index (κ3) is 4.30. The Bertz CT molecular complexity index is 181.